The molecule has 0 aliphatic heterocycles. The Balaban J connectivity index is 2.42. The van der Waals surface area contributed by atoms with Crippen molar-refractivity contribution < 1.29 is 4.74 Å². The predicted molar refractivity (Wildman–Crippen MR) is 63.0 cm³/mol. The van der Waals surface area contributed by atoms with Crippen LogP contribution in [0, 0.1) is 0 Å². The van der Waals surface area contributed by atoms with Crippen LogP contribution in [-0.2, 0) is 18.3 Å². The molecule has 6 nitrogen and oxygen atoms in total. The number of hydrogen-bond acceptors (Lipinski definition) is 3. The third kappa shape index (κ3) is 3.90. The monoisotopic (exact) mass is 225 g/mol. The molecule has 1 heterocycles. The third-order valence-electron chi connectivity index (χ3n) is 2.14. The first-order chi connectivity index (χ1) is 7.63. The summed E-state index contributed by atoms with van der Waals surface area (Å²) in [6.07, 6.45) is 1.74. The van der Waals surface area contributed by atoms with E-state index in [1.807, 2.05) is 20.0 Å². The first-order valence-electron chi connectivity index (χ1n) is 5.15. The zero-order chi connectivity index (χ0) is 12.0. The summed E-state index contributed by atoms with van der Waals surface area (Å²) >= 11 is 0. The van der Waals surface area contributed by atoms with Gasteiger partial charge in [-0.25, -0.2) is 4.99 Å². The molecular weight excluding hydrogens is 206 g/mol. The highest BCUT2D eigenvalue weighted by molar-refractivity contribution is 5.78. The quantitative estimate of drug-likeness (QED) is 0.540. The van der Waals surface area contributed by atoms with Gasteiger partial charge in [0.2, 0.25) is 0 Å². The Morgan fingerprint density at radius 2 is 2.50 bits per heavy atom. The van der Waals surface area contributed by atoms with Crippen LogP contribution in [0.4, 0.5) is 0 Å². The molecule has 0 aliphatic rings. The highest BCUT2D eigenvalue weighted by atomic mass is 16.5. The van der Waals surface area contributed by atoms with Crippen LogP contribution in [0.5, 0.6) is 0 Å². The average Bonchev–Trinajstić information content (AvgIpc) is 2.61. The smallest absolute Gasteiger partial charge is 0.189 e. The van der Waals surface area contributed by atoms with Crippen LogP contribution in [0.25, 0.3) is 0 Å². The van der Waals surface area contributed by atoms with E-state index in [2.05, 4.69) is 15.4 Å². The molecule has 6 heteroatoms. The van der Waals surface area contributed by atoms with Crippen LogP contribution in [0.3, 0.4) is 0 Å². The second-order valence-electron chi connectivity index (χ2n) is 3.65. The number of nitrogens with one attached hydrogen (secondary N) is 1. The maximum Gasteiger partial charge on any atom is 0.189 e. The van der Waals surface area contributed by atoms with Crippen molar-refractivity contribution in [3.63, 3.8) is 0 Å². The molecule has 16 heavy (non-hydrogen) atoms. The highest BCUT2D eigenvalue weighted by Gasteiger charge is 2.02. The summed E-state index contributed by atoms with van der Waals surface area (Å²) in [4.78, 5) is 4.22. The predicted octanol–water partition coefficient (Wildman–Crippen LogP) is -0.141. The van der Waals surface area contributed by atoms with Gasteiger partial charge in [0.25, 0.3) is 0 Å². The Morgan fingerprint density at radius 3 is 3.06 bits per heavy atom. The van der Waals surface area contributed by atoms with Gasteiger partial charge in [0.05, 0.1) is 18.8 Å². The van der Waals surface area contributed by atoms with E-state index in [-0.39, 0.29) is 6.04 Å². The van der Waals surface area contributed by atoms with Crippen molar-refractivity contribution in [2.24, 2.45) is 17.8 Å². The summed E-state index contributed by atoms with van der Waals surface area (Å²) in [6.45, 7) is 3.10. The molecule has 0 amide bonds. The molecule has 0 radical (unpaired) electrons. The lowest BCUT2D eigenvalue weighted by molar-refractivity contribution is 0.179. The second-order valence-corrected chi connectivity index (χ2v) is 3.65. The van der Waals surface area contributed by atoms with Crippen LogP contribution in [0.1, 0.15) is 12.6 Å². The van der Waals surface area contributed by atoms with Gasteiger partial charge in [0.1, 0.15) is 0 Å². The number of aliphatic imine (C=N–C) groups is 1. The summed E-state index contributed by atoms with van der Waals surface area (Å²) in [5, 5.41) is 7.09. The molecule has 1 atom stereocenters. The Morgan fingerprint density at radius 1 is 1.75 bits per heavy atom. The Hall–Kier alpha value is -1.56. The van der Waals surface area contributed by atoms with Gasteiger partial charge in [0.15, 0.2) is 5.96 Å². The molecule has 0 fully saturated rings. The maximum atomic E-state index is 5.73. The number of methoxy groups -OCH3 is 1. The number of guanidine groups is 1. The van der Waals surface area contributed by atoms with Gasteiger partial charge in [-0.1, -0.05) is 0 Å². The minimum atomic E-state index is 0.153. The van der Waals surface area contributed by atoms with Crippen molar-refractivity contribution in [2.45, 2.75) is 19.5 Å². The summed E-state index contributed by atoms with van der Waals surface area (Å²) in [6, 6.07) is 2.07. The SMILES string of the molecule is COC[C@@H](C)NC(N)=NCc1ccnn1C. The molecule has 1 aromatic rings. The number of aromatic nitrogens is 2. The minimum Gasteiger partial charge on any atom is -0.383 e. The van der Waals surface area contributed by atoms with E-state index >= 15 is 0 Å². The zero-order valence-corrected chi connectivity index (χ0v) is 9.97. The number of rotatable bonds is 5. The standard InChI is InChI=1S/C10H19N5O/c1-8(7-16-3)14-10(11)12-6-9-4-5-13-15(9)2/h4-5,8H,6-7H2,1-3H3,(H3,11,12,14)/t8-/m1/s1. The fraction of sp³-hybridized carbons (Fsp3) is 0.600. The number of ether oxygens (including phenoxy) is 1. The zero-order valence-electron chi connectivity index (χ0n) is 9.97. The summed E-state index contributed by atoms with van der Waals surface area (Å²) in [5.41, 5.74) is 6.74. The van der Waals surface area contributed by atoms with Crippen LogP contribution in [0.15, 0.2) is 17.3 Å². The summed E-state index contributed by atoms with van der Waals surface area (Å²) < 4.78 is 6.76. The van der Waals surface area contributed by atoms with E-state index in [0.29, 0.717) is 19.1 Å². The molecule has 1 rings (SSSR count). The van der Waals surface area contributed by atoms with Gasteiger partial charge in [-0.2, -0.15) is 5.10 Å². The van der Waals surface area contributed by atoms with E-state index in [4.69, 9.17) is 10.5 Å². The van der Waals surface area contributed by atoms with Crippen LogP contribution in [-0.4, -0.2) is 35.5 Å². The molecular formula is C10H19N5O. The second kappa shape index (κ2) is 6.12. The van der Waals surface area contributed by atoms with Crippen LogP contribution < -0.4 is 11.1 Å². The number of nitrogens with zero attached hydrogens (tertiary/aromatic N) is 3. The van der Waals surface area contributed by atoms with Crippen molar-refractivity contribution >= 4 is 5.96 Å². The lowest BCUT2D eigenvalue weighted by atomic mass is 10.4. The molecule has 0 bridgehead atoms. The Labute approximate surface area is 95.5 Å². The molecule has 0 aliphatic carbocycles. The first-order valence-corrected chi connectivity index (χ1v) is 5.15. The minimum absolute atomic E-state index is 0.153. The third-order valence-corrected chi connectivity index (χ3v) is 2.14. The van der Waals surface area contributed by atoms with Gasteiger partial charge in [0, 0.05) is 26.4 Å². The Kier molecular flexibility index (Phi) is 4.78. The molecule has 0 aromatic carbocycles. The van der Waals surface area contributed by atoms with Gasteiger partial charge in [-0.05, 0) is 13.0 Å². The van der Waals surface area contributed by atoms with Crippen molar-refractivity contribution in [2.75, 3.05) is 13.7 Å². The van der Waals surface area contributed by atoms with Crippen molar-refractivity contribution in [3.8, 4) is 0 Å². The van der Waals surface area contributed by atoms with Crippen molar-refractivity contribution in [1.29, 1.82) is 0 Å². The molecule has 0 saturated carbocycles. The summed E-state index contributed by atoms with van der Waals surface area (Å²) in [5.74, 6) is 0.422. The number of nitrogens with two attached hydrogens (primary N) is 1. The van der Waals surface area contributed by atoms with E-state index in [1.165, 1.54) is 0 Å². The molecule has 1 aromatic heterocycles. The Bertz CT molecular complexity index is 347. The maximum absolute atomic E-state index is 5.73. The topological polar surface area (TPSA) is 77.5 Å². The average molecular weight is 225 g/mol. The number of hydrogen-bond donors (Lipinski definition) is 2. The fourth-order valence-corrected chi connectivity index (χ4v) is 1.31. The van der Waals surface area contributed by atoms with Gasteiger partial charge >= 0.3 is 0 Å². The molecule has 0 saturated heterocycles. The number of aryl methyl sites for hydroxylation is 1. The van der Waals surface area contributed by atoms with E-state index < -0.39 is 0 Å². The van der Waals surface area contributed by atoms with E-state index in [1.54, 1.807) is 18.0 Å². The van der Waals surface area contributed by atoms with Gasteiger partial charge < -0.3 is 15.8 Å². The lowest BCUT2D eigenvalue weighted by Crippen LogP contribution is -2.40. The van der Waals surface area contributed by atoms with E-state index in [9.17, 15) is 0 Å². The molecule has 0 unspecified atom stereocenters. The lowest BCUT2D eigenvalue weighted by Gasteiger charge is -2.12. The normalized spacial score (nSPS) is 13.8. The van der Waals surface area contributed by atoms with Gasteiger partial charge in [-0.15, -0.1) is 0 Å². The van der Waals surface area contributed by atoms with Crippen LogP contribution in [0.2, 0.25) is 0 Å². The van der Waals surface area contributed by atoms with Crippen molar-refractivity contribution in [1.82, 2.24) is 15.1 Å². The summed E-state index contributed by atoms with van der Waals surface area (Å²) in [7, 11) is 3.53. The van der Waals surface area contributed by atoms with Gasteiger partial charge in [-0.3, -0.25) is 4.68 Å². The highest BCUT2D eigenvalue weighted by Crippen LogP contribution is 1.97. The van der Waals surface area contributed by atoms with Crippen LogP contribution >= 0.6 is 0 Å². The molecule has 90 valence electrons. The largest absolute Gasteiger partial charge is 0.383 e. The molecule has 3 N–H and O–H groups in total. The van der Waals surface area contributed by atoms with E-state index in [0.717, 1.165) is 5.69 Å². The first kappa shape index (κ1) is 12.5. The van der Waals surface area contributed by atoms with Crippen molar-refractivity contribution in [3.05, 3.63) is 18.0 Å². The molecule has 0 spiro atoms. The fourth-order valence-electron chi connectivity index (χ4n) is 1.31.